The average Bonchev–Trinajstić information content (AvgIpc) is 3.39. The van der Waals surface area contributed by atoms with Gasteiger partial charge < -0.3 is 19.9 Å². The average molecular weight is 544 g/mol. The highest BCUT2D eigenvalue weighted by Crippen LogP contribution is 2.35. The van der Waals surface area contributed by atoms with Crippen molar-refractivity contribution in [1.29, 1.82) is 0 Å². The topological polar surface area (TPSA) is 119 Å². The summed E-state index contributed by atoms with van der Waals surface area (Å²) in [5, 5.41) is 22.2. The summed E-state index contributed by atoms with van der Waals surface area (Å²) in [4.78, 5) is 29.7. The smallest absolute Gasteiger partial charge is 0.249 e. The Morgan fingerprint density at radius 1 is 1.02 bits per heavy atom. The molecule has 1 atom stereocenters. The molecule has 1 aliphatic carbocycles. The van der Waals surface area contributed by atoms with E-state index in [-0.39, 0.29) is 35.9 Å². The highest BCUT2D eigenvalue weighted by Gasteiger charge is 2.35. The molecule has 3 aromatic carbocycles. The first-order valence-corrected chi connectivity index (χ1v) is 13.4. The number of nitrogens with zero attached hydrogens (tertiary/aromatic N) is 4. The standard InChI is InChI=1S/C30H33N5O5/c1-39-23-15-13-22(14-16-23)35(28(37)19-34-25-11-7-6-10-24(25)32-33-34)29(20-12-17-27(40-2)26(36)18-20)30(38)31-21-8-4-3-5-9-21/h6-7,10-18,21,29,36H,3-5,8-9,19H2,1-2H3,(H,31,38). The van der Waals surface area contributed by atoms with Gasteiger partial charge in [-0.2, -0.15) is 0 Å². The number of amides is 2. The fourth-order valence-electron chi connectivity index (χ4n) is 5.24. The number of anilines is 1. The summed E-state index contributed by atoms with van der Waals surface area (Å²) in [6.45, 7) is -0.151. The van der Waals surface area contributed by atoms with Crippen molar-refractivity contribution in [3.63, 3.8) is 0 Å². The maximum absolute atomic E-state index is 14.2. The van der Waals surface area contributed by atoms with Gasteiger partial charge in [0.2, 0.25) is 11.8 Å². The summed E-state index contributed by atoms with van der Waals surface area (Å²) in [7, 11) is 3.02. The molecule has 1 aromatic heterocycles. The summed E-state index contributed by atoms with van der Waals surface area (Å²) in [5.74, 6) is 0.0548. The molecule has 0 aliphatic heterocycles. The maximum atomic E-state index is 14.2. The van der Waals surface area contributed by atoms with Crippen LogP contribution in [0.3, 0.4) is 0 Å². The summed E-state index contributed by atoms with van der Waals surface area (Å²) in [6, 6.07) is 18.0. The number of phenols is 1. The zero-order valence-electron chi connectivity index (χ0n) is 22.6. The van der Waals surface area contributed by atoms with Gasteiger partial charge in [-0.15, -0.1) is 5.10 Å². The SMILES string of the molecule is COc1ccc(N(C(=O)Cn2nnc3ccccc32)C(C(=O)NC2CCCCC2)c2ccc(OC)c(O)c2)cc1. The van der Waals surface area contributed by atoms with Crippen molar-refractivity contribution in [2.75, 3.05) is 19.1 Å². The highest BCUT2D eigenvalue weighted by molar-refractivity contribution is 6.01. The van der Waals surface area contributed by atoms with E-state index < -0.39 is 6.04 Å². The first-order chi connectivity index (χ1) is 19.5. The lowest BCUT2D eigenvalue weighted by molar-refractivity contribution is -0.127. The number of phenolic OH excluding ortho intramolecular Hbond substituents is 1. The first kappa shape index (κ1) is 27.0. The zero-order valence-corrected chi connectivity index (χ0v) is 22.6. The molecule has 10 heteroatoms. The quantitative estimate of drug-likeness (QED) is 0.322. The Bertz CT molecular complexity index is 1480. The number of fused-ring (bicyclic) bond motifs is 1. The van der Waals surface area contributed by atoms with Gasteiger partial charge >= 0.3 is 0 Å². The van der Waals surface area contributed by atoms with Crippen LogP contribution in [0.2, 0.25) is 0 Å². The van der Waals surface area contributed by atoms with Crippen LogP contribution >= 0.6 is 0 Å². The van der Waals surface area contributed by atoms with Gasteiger partial charge in [0.25, 0.3) is 0 Å². The lowest BCUT2D eigenvalue weighted by atomic mass is 9.94. The first-order valence-electron chi connectivity index (χ1n) is 13.4. The van der Waals surface area contributed by atoms with Crippen molar-refractivity contribution >= 4 is 28.5 Å². The molecule has 1 aliphatic rings. The fraction of sp³-hybridized carbons (Fsp3) is 0.333. The molecule has 1 saturated carbocycles. The van der Waals surface area contributed by atoms with Gasteiger partial charge in [-0.3, -0.25) is 14.5 Å². The van der Waals surface area contributed by atoms with Crippen LogP contribution in [0.25, 0.3) is 11.0 Å². The Labute approximate surface area is 232 Å². The Kier molecular flexibility index (Phi) is 8.14. The predicted molar refractivity (Wildman–Crippen MR) is 150 cm³/mol. The molecule has 0 spiro atoms. The molecular weight excluding hydrogens is 510 g/mol. The Balaban J connectivity index is 1.58. The van der Waals surface area contributed by atoms with Crippen molar-refractivity contribution in [3.05, 3.63) is 72.3 Å². The molecule has 40 heavy (non-hydrogen) atoms. The van der Waals surface area contributed by atoms with E-state index in [2.05, 4.69) is 15.6 Å². The number of benzene rings is 3. The number of nitrogens with one attached hydrogen (secondary N) is 1. The van der Waals surface area contributed by atoms with Crippen LogP contribution in [0.15, 0.2) is 66.7 Å². The normalized spacial score (nSPS) is 14.4. The summed E-state index contributed by atoms with van der Waals surface area (Å²) >= 11 is 0. The van der Waals surface area contributed by atoms with E-state index >= 15 is 0 Å². The number of aromatic nitrogens is 3. The minimum atomic E-state index is -1.07. The van der Waals surface area contributed by atoms with Crippen LogP contribution in [0.1, 0.15) is 43.7 Å². The lowest BCUT2D eigenvalue weighted by Gasteiger charge is -2.33. The van der Waals surface area contributed by atoms with Gasteiger partial charge in [0.05, 0.1) is 19.7 Å². The molecule has 0 radical (unpaired) electrons. The van der Waals surface area contributed by atoms with Crippen molar-refractivity contribution in [2.45, 2.75) is 50.7 Å². The van der Waals surface area contributed by atoms with Gasteiger partial charge in [0.1, 0.15) is 23.9 Å². The van der Waals surface area contributed by atoms with Crippen molar-refractivity contribution in [1.82, 2.24) is 20.3 Å². The summed E-state index contributed by atoms with van der Waals surface area (Å²) < 4.78 is 12.1. The third kappa shape index (κ3) is 5.70. The highest BCUT2D eigenvalue weighted by atomic mass is 16.5. The molecule has 1 fully saturated rings. The molecule has 10 nitrogen and oxygen atoms in total. The van der Waals surface area contributed by atoms with Gasteiger partial charge in [-0.25, -0.2) is 4.68 Å². The molecule has 1 heterocycles. The monoisotopic (exact) mass is 543 g/mol. The Morgan fingerprint density at radius 2 is 1.77 bits per heavy atom. The number of rotatable bonds is 9. The minimum Gasteiger partial charge on any atom is -0.504 e. The largest absolute Gasteiger partial charge is 0.504 e. The second-order valence-corrected chi connectivity index (χ2v) is 9.87. The number of carbonyl (C=O) groups is 2. The van der Waals surface area contributed by atoms with Crippen LogP contribution in [0, 0.1) is 0 Å². The molecule has 4 aromatic rings. The Hall–Kier alpha value is -4.60. The van der Waals surface area contributed by atoms with E-state index in [9.17, 15) is 14.7 Å². The number of aromatic hydroxyl groups is 1. The van der Waals surface area contributed by atoms with Crippen molar-refractivity contribution in [3.8, 4) is 17.2 Å². The minimum absolute atomic E-state index is 0.0164. The van der Waals surface area contributed by atoms with Crippen LogP contribution in [-0.4, -0.2) is 52.2 Å². The number of para-hydroxylation sites is 1. The van der Waals surface area contributed by atoms with Crippen LogP contribution in [0.4, 0.5) is 5.69 Å². The third-order valence-electron chi connectivity index (χ3n) is 7.30. The number of hydrogen-bond acceptors (Lipinski definition) is 7. The van der Waals surface area contributed by atoms with Crippen LogP contribution < -0.4 is 19.7 Å². The van der Waals surface area contributed by atoms with Gasteiger partial charge in [0.15, 0.2) is 11.5 Å². The molecule has 5 rings (SSSR count). The van der Waals surface area contributed by atoms with Crippen LogP contribution in [-0.2, 0) is 16.1 Å². The predicted octanol–water partition coefficient (Wildman–Crippen LogP) is 4.38. The van der Waals surface area contributed by atoms with E-state index in [1.807, 2.05) is 24.3 Å². The number of ether oxygens (including phenoxy) is 2. The third-order valence-corrected chi connectivity index (χ3v) is 7.30. The van der Waals surface area contributed by atoms with Gasteiger partial charge in [0, 0.05) is 11.7 Å². The van der Waals surface area contributed by atoms with Crippen LogP contribution in [0.5, 0.6) is 17.2 Å². The molecule has 2 amide bonds. The van der Waals surface area contributed by atoms with Crippen molar-refractivity contribution < 1.29 is 24.2 Å². The van der Waals surface area contributed by atoms with E-state index in [4.69, 9.17) is 9.47 Å². The number of methoxy groups -OCH3 is 2. The fourth-order valence-corrected chi connectivity index (χ4v) is 5.24. The lowest BCUT2D eigenvalue weighted by Crippen LogP contribution is -2.48. The van der Waals surface area contributed by atoms with E-state index in [1.54, 1.807) is 43.5 Å². The molecular formula is C30H33N5O5. The summed E-state index contributed by atoms with van der Waals surface area (Å²) in [5.41, 5.74) is 2.31. The molecule has 0 bridgehead atoms. The second kappa shape index (κ2) is 12.1. The van der Waals surface area contributed by atoms with Gasteiger partial charge in [-0.05, 0) is 66.9 Å². The van der Waals surface area contributed by atoms with E-state index in [1.165, 1.54) is 22.8 Å². The molecule has 0 saturated heterocycles. The molecule has 2 N–H and O–H groups in total. The molecule has 1 unspecified atom stereocenters. The number of carbonyl (C=O) groups excluding carboxylic acids is 2. The van der Waals surface area contributed by atoms with Gasteiger partial charge in [-0.1, -0.05) is 42.7 Å². The maximum Gasteiger partial charge on any atom is 0.249 e. The second-order valence-electron chi connectivity index (χ2n) is 9.87. The molecule has 208 valence electrons. The van der Waals surface area contributed by atoms with Crippen molar-refractivity contribution in [2.24, 2.45) is 0 Å². The number of hydrogen-bond donors (Lipinski definition) is 2. The zero-order chi connectivity index (χ0) is 28.1. The Morgan fingerprint density at radius 3 is 2.48 bits per heavy atom. The van der Waals surface area contributed by atoms with E-state index in [0.29, 0.717) is 28.0 Å². The van der Waals surface area contributed by atoms with E-state index in [0.717, 1.165) is 32.1 Å². The summed E-state index contributed by atoms with van der Waals surface area (Å²) in [6.07, 6.45) is 4.99.